The lowest BCUT2D eigenvalue weighted by atomic mass is 10.0. The van der Waals surface area contributed by atoms with E-state index in [1.54, 1.807) is 20.0 Å². The van der Waals surface area contributed by atoms with Crippen LogP contribution in [0.5, 0.6) is 0 Å². The van der Waals surface area contributed by atoms with Crippen molar-refractivity contribution in [2.45, 2.75) is 20.8 Å². The highest BCUT2D eigenvalue weighted by molar-refractivity contribution is 6.13. The molecule has 2 heterocycles. The number of oxazole rings is 1. The molecule has 0 spiro atoms. The molecule has 1 amide bonds. The molecule has 3 aromatic rings. The summed E-state index contributed by atoms with van der Waals surface area (Å²) < 4.78 is 5.43. The Bertz CT molecular complexity index is 998. The molecule has 0 aliphatic rings. The van der Waals surface area contributed by atoms with E-state index < -0.39 is 0 Å². The number of pyridine rings is 1. The Hall–Kier alpha value is -3.20. The van der Waals surface area contributed by atoms with Crippen LogP contribution in [0.1, 0.15) is 33.2 Å². The second-order valence-electron chi connectivity index (χ2n) is 5.69. The van der Waals surface area contributed by atoms with Gasteiger partial charge in [-0.15, -0.1) is 0 Å². The molecule has 0 saturated carbocycles. The van der Waals surface area contributed by atoms with Crippen LogP contribution in [-0.4, -0.2) is 22.9 Å². The fourth-order valence-electron chi connectivity index (χ4n) is 2.64. The minimum absolute atomic E-state index is 0.0922. The largest absolute Gasteiger partial charge is 0.423 e. The maximum absolute atomic E-state index is 13.0. The maximum Gasteiger partial charge on any atom is 0.261 e. The van der Waals surface area contributed by atoms with Gasteiger partial charge in [0, 0.05) is 25.1 Å². The van der Waals surface area contributed by atoms with Crippen molar-refractivity contribution in [2.24, 2.45) is 0 Å². The molecule has 0 fully saturated rings. The number of nitrogens with zero attached hydrogens (tertiary/aromatic N) is 4. The normalized spacial score (nSPS) is 10.6. The van der Waals surface area contributed by atoms with Crippen molar-refractivity contribution in [3.05, 3.63) is 52.7 Å². The molecule has 0 saturated heterocycles. The van der Waals surface area contributed by atoms with E-state index in [4.69, 9.17) is 9.68 Å². The lowest BCUT2D eigenvalue weighted by molar-refractivity contribution is 0.0990. The molecule has 6 heteroatoms. The first kappa shape index (κ1) is 15.7. The van der Waals surface area contributed by atoms with Gasteiger partial charge in [-0.05, 0) is 32.0 Å². The number of amides is 1. The van der Waals surface area contributed by atoms with Crippen LogP contribution in [0.3, 0.4) is 0 Å². The third kappa shape index (κ3) is 2.61. The first-order valence-corrected chi connectivity index (χ1v) is 7.44. The molecule has 0 aliphatic carbocycles. The monoisotopic (exact) mass is 320 g/mol. The summed E-state index contributed by atoms with van der Waals surface area (Å²) in [4.78, 5) is 22.8. The summed E-state index contributed by atoms with van der Waals surface area (Å²) in [5.41, 5.74) is 3.15. The lowest BCUT2D eigenvalue weighted by Gasteiger charge is -2.16. The Labute approximate surface area is 139 Å². The highest BCUT2D eigenvalue weighted by Crippen LogP contribution is 2.25. The molecule has 3 rings (SSSR count). The van der Waals surface area contributed by atoms with Gasteiger partial charge in [-0.1, -0.05) is 11.6 Å². The number of rotatable bonds is 2. The Kier molecular flexibility index (Phi) is 3.78. The highest BCUT2D eigenvalue weighted by atomic mass is 16.4. The van der Waals surface area contributed by atoms with Gasteiger partial charge >= 0.3 is 0 Å². The molecule has 0 bridgehead atoms. The van der Waals surface area contributed by atoms with E-state index in [1.165, 1.54) is 4.90 Å². The number of hydrogen-bond acceptors (Lipinski definition) is 5. The van der Waals surface area contributed by atoms with E-state index in [0.29, 0.717) is 11.5 Å². The molecule has 120 valence electrons. The number of fused-ring (bicyclic) bond motifs is 1. The molecule has 1 aromatic carbocycles. The molecule has 0 unspecified atom stereocenters. The zero-order chi connectivity index (χ0) is 17.4. The number of benzene rings is 1. The Morgan fingerprint density at radius 2 is 1.96 bits per heavy atom. The van der Waals surface area contributed by atoms with E-state index in [9.17, 15) is 4.79 Å². The van der Waals surface area contributed by atoms with Crippen LogP contribution in [0.25, 0.3) is 10.9 Å². The summed E-state index contributed by atoms with van der Waals surface area (Å²) in [6.45, 7) is 5.44. The average Bonchev–Trinajstić information content (AvgIpc) is 2.94. The summed E-state index contributed by atoms with van der Waals surface area (Å²) in [7, 11) is 1.57. The predicted octanol–water partition coefficient (Wildman–Crippen LogP) is 3.30. The van der Waals surface area contributed by atoms with Crippen molar-refractivity contribution in [1.82, 2.24) is 9.97 Å². The molecular formula is C18H16N4O2. The van der Waals surface area contributed by atoms with Gasteiger partial charge < -0.3 is 4.42 Å². The minimum Gasteiger partial charge on any atom is -0.423 e. The van der Waals surface area contributed by atoms with Crippen LogP contribution in [0.2, 0.25) is 0 Å². The van der Waals surface area contributed by atoms with E-state index >= 15 is 0 Å². The van der Waals surface area contributed by atoms with E-state index in [0.717, 1.165) is 22.2 Å². The Balaban J connectivity index is 2.14. The number of hydrogen-bond donors (Lipinski definition) is 0. The third-order valence-corrected chi connectivity index (χ3v) is 3.75. The van der Waals surface area contributed by atoms with Gasteiger partial charge in [0.15, 0.2) is 5.89 Å². The van der Waals surface area contributed by atoms with Crippen LogP contribution in [0.15, 0.2) is 28.7 Å². The highest BCUT2D eigenvalue weighted by Gasteiger charge is 2.23. The van der Waals surface area contributed by atoms with Crippen molar-refractivity contribution >= 4 is 22.7 Å². The zero-order valence-electron chi connectivity index (χ0n) is 13.9. The molecule has 24 heavy (non-hydrogen) atoms. The summed E-state index contributed by atoms with van der Waals surface area (Å²) in [6, 6.07) is 9.48. The van der Waals surface area contributed by atoms with Gasteiger partial charge in [-0.2, -0.15) is 5.26 Å². The van der Waals surface area contributed by atoms with Crippen molar-refractivity contribution in [1.29, 1.82) is 5.26 Å². The van der Waals surface area contributed by atoms with Gasteiger partial charge in [0.2, 0.25) is 11.6 Å². The van der Waals surface area contributed by atoms with Crippen molar-refractivity contribution in [2.75, 3.05) is 11.9 Å². The van der Waals surface area contributed by atoms with Crippen molar-refractivity contribution in [3.8, 4) is 6.07 Å². The molecule has 6 nitrogen and oxygen atoms in total. The number of aryl methyl sites for hydroxylation is 3. The minimum atomic E-state index is -0.274. The average molecular weight is 320 g/mol. The number of carbonyl (C=O) groups excluding carboxylic acids is 1. The fraction of sp³-hybridized carbons (Fsp3) is 0.222. The van der Waals surface area contributed by atoms with Gasteiger partial charge in [0.05, 0.1) is 11.1 Å². The third-order valence-electron chi connectivity index (χ3n) is 3.75. The van der Waals surface area contributed by atoms with Crippen LogP contribution >= 0.6 is 0 Å². The van der Waals surface area contributed by atoms with E-state index in [-0.39, 0.29) is 17.5 Å². The lowest BCUT2D eigenvalue weighted by Crippen LogP contribution is -2.27. The van der Waals surface area contributed by atoms with E-state index in [2.05, 4.69) is 9.97 Å². The molecular weight excluding hydrogens is 304 g/mol. The predicted molar refractivity (Wildman–Crippen MR) is 89.9 cm³/mol. The number of aromatic nitrogens is 2. The molecule has 0 aliphatic heterocycles. The van der Waals surface area contributed by atoms with Crippen molar-refractivity contribution < 1.29 is 9.21 Å². The summed E-state index contributed by atoms with van der Waals surface area (Å²) in [5.74, 6) is 0.215. The smallest absolute Gasteiger partial charge is 0.261 e. The first-order chi connectivity index (χ1) is 11.4. The van der Waals surface area contributed by atoms with Gasteiger partial charge in [0.25, 0.3) is 5.91 Å². The zero-order valence-corrected chi connectivity index (χ0v) is 13.9. The second kappa shape index (κ2) is 5.78. The molecule has 0 N–H and O–H groups in total. The first-order valence-electron chi connectivity index (χ1n) is 7.44. The standard InChI is InChI=1S/C18H16N4O2/c1-10-5-6-15-13(7-10)14(8-11(2)20-15)17(23)22(4)18-16(9-19)21-12(3)24-18/h5-8H,1-4H3. The fourth-order valence-corrected chi connectivity index (χ4v) is 2.64. The number of anilines is 1. The summed E-state index contributed by atoms with van der Waals surface area (Å²) in [5, 5.41) is 9.94. The van der Waals surface area contributed by atoms with Gasteiger partial charge in [0.1, 0.15) is 6.07 Å². The maximum atomic E-state index is 13.0. The summed E-state index contributed by atoms with van der Waals surface area (Å²) >= 11 is 0. The van der Waals surface area contributed by atoms with Gasteiger partial charge in [-0.25, -0.2) is 4.98 Å². The molecule has 0 atom stereocenters. The van der Waals surface area contributed by atoms with Crippen LogP contribution in [-0.2, 0) is 0 Å². The van der Waals surface area contributed by atoms with E-state index in [1.807, 2.05) is 38.1 Å². The SMILES string of the molecule is Cc1ccc2nc(C)cc(C(=O)N(C)c3oc(C)nc3C#N)c2c1. The Morgan fingerprint density at radius 3 is 2.67 bits per heavy atom. The number of carbonyl (C=O) groups is 1. The van der Waals surface area contributed by atoms with Crippen LogP contribution in [0.4, 0.5) is 5.88 Å². The molecule has 0 radical (unpaired) electrons. The second-order valence-corrected chi connectivity index (χ2v) is 5.69. The Morgan fingerprint density at radius 1 is 1.21 bits per heavy atom. The number of nitriles is 1. The quantitative estimate of drug-likeness (QED) is 0.723. The van der Waals surface area contributed by atoms with Crippen LogP contribution in [0, 0.1) is 32.1 Å². The molecule has 2 aromatic heterocycles. The van der Waals surface area contributed by atoms with Gasteiger partial charge in [-0.3, -0.25) is 14.7 Å². The van der Waals surface area contributed by atoms with Crippen molar-refractivity contribution in [3.63, 3.8) is 0 Å². The topological polar surface area (TPSA) is 83.0 Å². The van der Waals surface area contributed by atoms with Crippen LogP contribution < -0.4 is 4.90 Å². The summed E-state index contributed by atoms with van der Waals surface area (Å²) in [6.07, 6.45) is 0.